The average molecular weight is 431 g/mol. The van der Waals surface area contributed by atoms with E-state index in [9.17, 15) is 9.59 Å². The number of esters is 2. The maximum Gasteiger partial charge on any atom is 0.326 e. The third-order valence-corrected chi connectivity index (χ3v) is 5.79. The van der Waals surface area contributed by atoms with Crippen molar-refractivity contribution in [3.05, 3.63) is 46.9 Å². The molecule has 1 fully saturated rings. The Labute approximate surface area is 182 Å². The number of hydrogen-bond acceptors (Lipinski definition) is 7. The number of aromatic nitrogens is 1. The van der Waals surface area contributed by atoms with E-state index in [1.165, 1.54) is 11.3 Å². The molecule has 2 heterocycles. The number of hydrogen-bond donors (Lipinski definition) is 1. The van der Waals surface area contributed by atoms with Gasteiger partial charge in [-0.25, -0.2) is 4.98 Å². The van der Waals surface area contributed by atoms with Crippen molar-refractivity contribution in [3.63, 3.8) is 0 Å². The molecule has 7 heteroatoms. The lowest BCUT2D eigenvalue weighted by atomic mass is 9.84. The molecule has 1 aliphatic rings. The first-order valence-corrected chi connectivity index (χ1v) is 11.1. The maximum absolute atomic E-state index is 13.3. The van der Waals surface area contributed by atoms with E-state index < -0.39 is 23.1 Å². The highest BCUT2D eigenvalue weighted by atomic mass is 32.1. The Kier molecular flexibility index (Phi) is 6.62. The van der Waals surface area contributed by atoms with E-state index in [0.29, 0.717) is 18.6 Å². The molecule has 162 valence electrons. The van der Waals surface area contributed by atoms with Crippen molar-refractivity contribution in [3.8, 4) is 5.75 Å². The molecule has 6 nitrogen and oxygen atoms in total. The van der Waals surface area contributed by atoms with Crippen molar-refractivity contribution in [1.29, 1.82) is 0 Å². The molecule has 1 aromatic carbocycles. The Bertz CT molecular complexity index is 861. The minimum atomic E-state index is -0.974. The number of benzene rings is 1. The normalized spacial score (nSPS) is 24.1. The van der Waals surface area contributed by atoms with Gasteiger partial charge in [-0.2, -0.15) is 0 Å². The third-order valence-electron chi connectivity index (χ3n) is 4.93. The predicted octanol–water partition coefficient (Wildman–Crippen LogP) is 4.53. The molecular weight excluding hydrogens is 400 g/mol. The molecule has 0 bridgehead atoms. The van der Waals surface area contributed by atoms with Gasteiger partial charge in [0.1, 0.15) is 21.9 Å². The summed E-state index contributed by atoms with van der Waals surface area (Å²) in [6.45, 7) is 9.66. The summed E-state index contributed by atoms with van der Waals surface area (Å²) in [5.41, 5.74) is -1.60. The number of carbonyl (C=O) groups excluding carboxylic acids is 2. The zero-order chi connectivity index (χ0) is 21.9. The fraction of sp³-hybridized carbons (Fsp3) is 0.522. The van der Waals surface area contributed by atoms with Gasteiger partial charge < -0.3 is 9.47 Å². The highest BCUT2D eigenvalue weighted by molar-refractivity contribution is 7.09. The average Bonchev–Trinajstić information content (AvgIpc) is 3.29. The molecule has 0 saturated carbocycles. The van der Waals surface area contributed by atoms with Crippen LogP contribution in [0.15, 0.2) is 41.9 Å². The van der Waals surface area contributed by atoms with Gasteiger partial charge in [0, 0.05) is 11.6 Å². The van der Waals surface area contributed by atoms with Crippen LogP contribution in [0.2, 0.25) is 0 Å². The van der Waals surface area contributed by atoms with Gasteiger partial charge in [-0.1, -0.05) is 32.0 Å². The van der Waals surface area contributed by atoms with Crippen LogP contribution in [0.25, 0.3) is 0 Å². The molecule has 0 spiro atoms. The van der Waals surface area contributed by atoms with Crippen LogP contribution >= 0.6 is 11.3 Å². The highest BCUT2D eigenvalue weighted by Gasteiger charge is 2.55. The molecule has 3 rings (SSSR count). The summed E-state index contributed by atoms with van der Waals surface area (Å²) >= 11 is 1.46. The van der Waals surface area contributed by atoms with Crippen LogP contribution in [0.5, 0.6) is 5.75 Å². The van der Waals surface area contributed by atoms with Crippen LogP contribution in [0.1, 0.15) is 58.5 Å². The van der Waals surface area contributed by atoms with Crippen molar-refractivity contribution in [1.82, 2.24) is 10.3 Å². The van der Waals surface area contributed by atoms with E-state index in [1.54, 1.807) is 18.3 Å². The molecule has 1 saturated heterocycles. The predicted molar refractivity (Wildman–Crippen MR) is 116 cm³/mol. The second-order valence-electron chi connectivity index (χ2n) is 9.22. The molecule has 30 heavy (non-hydrogen) atoms. The zero-order valence-corrected chi connectivity index (χ0v) is 19.0. The quantitative estimate of drug-likeness (QED) is 0.536. The summed E-state index contributed by atoms with van der Waals surface area (Å²) in [5.74, 6) is -0.546. The summed E-state index contributed by atoms with van der Waals surface area (Å²) in [6, 6.07) is 8.58. The van der Waals surface area contributed by atoms with Crippen LogP contribution < -0.4 is 10.1 Å². The SMILES string of the molecule is CC(C)C[C@@]1(C(=O)OC(C)(C)C)C[C@H](C(=O)Oc2ccccc2)[C@H](c2nccs2)N1. The highest BCUT2D eigenvalue weighted by Crippen LogP contribution is 2.43. The molecule has 3 atom stereocenters. The number of nitrogens with zero attached hydrogens (tertiary/aromatic N) is 1. The van der Waals surface area contributed by atoms with E-state index in [-0.39, 0.29) is 17.9 Å². The van der Waals surface area contributed by atoms with Gasteiger partial charge in [0.2, 0.25) is 0 Å². The van der Waals surface area contributed by atoms with Gasteiger partial charge in [0.25, 0.3) is 0 Å². The van der Waals surface area contributed by atoms with Crippen LogP contribution in [0.4, 0.5) is 0 Å². The number of ether oxygens (including phenoxy) is 2. The zero-order valence-electron chi connectivity index (χ0n) is 18.2. The lowest BCUT2D eigenvalue weighted by Gasteiger charge is -2.33. The molecule has 0 aliphatic carbocycles. The summed E-state index contributed by atoms with van der Waals surface area (Å²) in [7, 11) is 0. The van der Waals surface area contributed by atoms with Crippen LogP contribution in [-0.2, 0) is 14.3 Å². The van der Waals surface area contributed by atoms with Gasteiger partial charge >= 0.3 is 11.9 Å². The topological polar surface area (TPSA) is 77.5 Å². The Morgan fingerprint density at radius 1 is 1.27 bits per heavy atom. The Balaban J connectivity index is 1.93. The molecule has 1 N–H and O–H groups in total. The Morgan fingerprint density at radius 2 is 1.97 bits per heavy atom. The fourth-order valence-corrected chi connectivity index (χ4v) is 4.67. The number of nitrogens with one attached hydrogen (secondary N) is 1. The third kappa shape index (κ3) is 5.26. The van der Waals surface area contributed by atoms with Crippen LogP contribution in [0.3, 0.4) is 0 Å². The lowest BCUT2D eigenvalue weighted by Crippen LogP contribution is -2.52. The minimum absolute atomic E-state index is 0.228. The molecular formula is C23H30N2O4S. The molecule has 0 radical (unpaired) electrons. The number of thiazole rings is 1. The monoisotopic (exact) mass is 430 g/mol. The van der Waals surface area contributed by atoms with Gasteiger partial charge in [0.05, 0.1) is 12.0 Å². The summed E-state index contributed by atoms with van der Waals surface area (Å²) < 4.78 is 11.4. The first-order valence-electron chi connectivity index (χ1n) is 10.3. The second-order valence-corrected chi connectivity index (χ2v) is 10.1. The largest absolute Gasteiger partial charge is 0.459 e. The van der Waals surface area contributed by atoms with E-state index in [0.717, 1.165) is 5.01 Å². The maximum atomic E-state index is 13.3. The van der Waals surface area contributed by atoms with E-state index in [1.807, 2.05) is 44.4 Å². The standard InChI is InChI=1S/C23H30N2O4S/c1-15(2)13-23(21(27)29-22(3,4)5)14-17(18(25-23)19-24-11-12-30-19)20(26)28-16-9-7-6-8-10-16/h6-12,15,17-18,25H,13-14H2,1-5H3/t17-,18+,23-/m0/s1. The first kappa shape index (κ1) is 22.4. The lowest BCUT2D eigenvalue weighted by molar-refractivity contribution is -0.163. The van der Waals surface area contributed by atoms with Crippen molar-refractivity contribution in [2.75, 3.05) is 0 Å². The van der Waals surface area contributed by atoms with Gasteiger partial charge in [-0.05, 0) is 51.7 Å². The fourth-order valence-electron chi connectivity index (χ4n) is 3.91. The molecule has 0 unspecified atom stereocenters. The molecule has 1 aromatic heterocycles. The number of carbonyl (C=O) groups is 2. The van der Waals surface area contributed by atoms with Crippen molar-refractivity contribution >= 4 is 23.3 Å². The summed E-state index contributed by atoms with van der Waals surface area (Å²) in [5, 5.41) is 6.08. The van der Waals surface area contributed by atoms with E-state index in [4.69, 9.17) is 9.47 Å². The minimum Gasteiger partial charge on any atom is -0.459 e. The molecule has 1 aliphatic heterocycles. The van der Waals surface area contributed by atoms with Crippen LogP contribution in [-0.4, -0.2) is 28.1 Å². The second kappa shape index (κ2) is 8.86. The smallest absolute Gasteiger partial charge is 0.326 e. The summed E-state index contributed by atoms with van der Waals surface area (Å²) in [4.78, 5) is 30.9. The van der Waals surface area contributed by atoms with Crippen molar-refractivity contribution in [2.24, 2.45) is 11.8 Å². The molecule has 2 aromatic rings. The first-order chi connectivity index (χ1) is 14.1. The van der Waals surface area contributed by atoms with Crippen molar-refractivity contribution in [2.45, 2.75) is 64.6 Å². The van der Waals surface area contributed by atoms with E-state index in [2.05, 4.69) is 24.1 Å². The van der Waals surface area contributed by atoms with Gasteiger partial charge in [-0.3, -0.25) is 14.9 Å². The Hall–Kier alpha value is -2.25. The number of rotatable bonds is 6. The van der Waals surface area contributed by atoms with E-state index >= 15 is 0 Å². The molecule has 0 amide bonds. The van der Waals surface area contributed by atoms with Crippen molar-refractivity contribution < 1.29 is 19.1 Å². The summed E-state index contributed by atoms with van der Waals surface area (Å²) in [6.07, 6.45) is 2.56. The number of para-hydroxylation sites is 1. The Morgan fingerprint density at radius 3 is 2.53 bits per heavy atom. The van der Waals surface area contributed by atoms with Gasteiger partial charge in [0.15, 0.2) is 0 Å². The van der Waals surface area contributed by atoms with Crippen LogP contribution in [0, 0.1) is 11.8 Å². The van der Waals surface area contributed by atoms with Gasteiger partial charge in [-0.15, -0.1) is 11.3 Å².